The Morgan fingerprint density at radius 1 is 0.963 bits per heavy atom. The Balaban J connectivity index is 1.31. The number of carbonyl (C=O) groups excluding carboxylic acids is 1. The van der Waals surface area contributed by atoms with Gasteiger partial charge in [0, 0.05) is 25.5 Å². The molecule has 0 atom stereocenters. The van der Waals surface area contributed by atoms with Crippen LogP contribution >= 0.6 is 0 Å². The first-order chi connectivity index (χ1) is 13.3. The molecule has 136 valence electrons. The molecule has 0 radical (unpaired) electrons. The van der Waals surface area contributed by atoms with Crippen molar-refractivity contribution in [3.05, 3.63) is 77.9 Å². The molecule has 7 heteroatoms. The lowest BCUT2D eigenvalue weighted by Gasteiger charge is -2.08. The van der Waals surface area contributed by atoms with E-state index in [-0.39, 0.29) is 12.7 Å². The van der Waals surface area contributed by atoms with Crippen molar-refractivity contribution in [3.63, 3.8) is 0 Å². The summed E-state index contributed by atoms with van der Waals surface area (Å²) in [6.45, 7) is 1.29. The smallest absolute Gasteiger partial charge is 0.270 e. The Kier molecular flexibility index (Phi) is 4.82. The van der Waals surface area contributed by atoms with Crippen molar-refractivity contribution < 1.29 is 14.3 Å². The van der Waals surface area contributed by atoms with E-state index in [1.165, 1.54) is 0 Å². The van der Waals surface area contributed by atoms with Gasteiger partial charge in [0.25, 0.3) is 5.91 Å². The minimum atomic E-state index is -0.228. The van der Waals surface area contributed by atoms with Gasteiger partial charge in [-0.25, -0.2) is 4.98 Å². The number of fused-ring (bicyclic) bond motifs is 1. The summed E-state index contributed by atoms with van der Waals surface area (Å²) in [4.78, 5) is 20.5. The maximum Gasteiger partial charge on any atom is 0.270 e. The van der Waals surface area contributed by atoms with E-state index in [2.05, 4.69) is 20.6 Å². The second-order valence-corrected chi connectivity index (χ2v) is 6.01. The molecule has 1 amide bonds. The van der Waals surface area contributed by atoms with Gasteiger partial charge >= 0.3 is 0 Å². The highest BCUT2D eigenvalue weighted by molar-refractivity contribution is 5.92. The lowest BCUT2D eigenvalue weighted by molar-refractivity contribution is 0.0946. The van der Waals surface area contributed by atoms with Crippen LogP contribution < -0.4 is 20.1 Å². The van der Waals surface area contributed by atoms with Gasteiger partial charge in [0.2, 0.25) is 6.79 Å². The molecular formula is C20H18N4O3. The van der Waals surface area contributed by atoms with Gasteiger partial charge in [-0.2, -0.15) is 0 Å². The van der Waals surface area contributed by atoms with E-state index in [1.54, 1.807) is 24.7 Å². The Hall–Kier alpha value is -3.61. The molecular weight excluding hydrogens is 344 g/mol. The van der Waals surface area contributed by atoms with Gasteiger partial charge < -0.3 is 20.1 Å². The van der Waals surface area contributed by atoms with E-state index in [1.807, 2.05) is 36.4 Å². The second kappa shape index (κ2) is 7.74. The average molecular weight is 362 g/mol. The van der Waals surface area contributed by atoms with E-state index < -0.39 is 0 Å². The number of hydrogen-bond donors (Lipinski definition) is 2. The number of benzene rings is 1. The summed E-state index contributed by atoms with van der Waals surface area (Å²) in [6.07, 6.45) is 5.16. The Morgan fingerprint density at radius 3 is 2.63 bits per heavy atom. The summed E-state index contributed by atoms with van der Waals surface area (Å²) in [5, 5.41) is 6.12. The number of carbonyl (C=O) groups is 1. The lowest BCUT2D eigenvalue weighted by atomic mass is 10.2. The third kappa shape index (κ3) is 4.14. The van der Waals surface area contributed by atoms with Crippen molar-refractivity contribution in [2.24, 2.45) is 0 Å². The van der Waals surface area contributed by atoms with Crippen LogP contribution in [0.15, 0.2) is 61.1 Å². The van der Waals surface area contributed by atoms with Gasteiger partial charge in [-0.3, -0.25) is 9.78 Å². The van der Waals surface area contributed by atoms with Crippen LogP contribution in [0.25, 0.3) is 0 Å². The second-order valence-electron chi connectivity index (χ2n) is 6.01. The highest BCUT2D eigenvalue weighted by Gasteiger charge is 2.14. The summed E-state index contributed by atoms with van der Waals surface area (Å²) >= 11 is 0. The molecule has 0 spiro atoms. The molecule has 2 aromatic heterocycles. The first kappa shape index (κ1) is 16.8. The molecule has 3 heterocycles. The van der Waals surface area contributed by atoms with Crippen molar-refractivity contribution in [3.8, 4) is 11.5 Å². The molecule has 1 aromatic carbocycles. The van der Waals surface area contributed by atoms with E-state index in [0.717, 1.165) is 22.6 Å². The van der Waals surface area contributed by atoms with Crippen LogP contribution in [0.1, 0.15) is 21.6 Å². The molecule has 0 bridgehead atoms. The fourth-order valence-electron chi connectivity index (χ4n) is 2.66. The molecule has 0 aliphatic carbocycles. The van der Waals surface area contributed by atoms with Gasteiger partial charge in [-0.05, 0) is 47.5 Å². The van der Waals surface area contributed by atoms with Crippen molar-refractivity contribution in [1.82, 2.24) is 15.3 Å². The Bertz CT molecular complexity index is 930. The number of rotatable bonds is 6. The standard InChI is InChI=1S/C20H18N4O3/c25-20(24-11-15-1-4-18-19(9-15)27-13-26-18)17-3-2-16(12-23-17)22-10-14-5-7-21-8-6-14/h1-9,12,22H,10-11,13H2,(H,24,25). The summed E-state index contributed by atoms with van der Waals surface area (Å²) in [7, 11) is 0. The van der Waals surface area contributed by atoms with Gasteiger partial charge in [0.05, 0.1) is 11.9 Å². The van der Waals surface area contributed by atoms with E-state index in [9.17, 15) is 4.79 Å². The number of anilines is 1. The van der Waals surface area contributed by atoms with Crippen LogP contribution in [-0.2, 0) is 13.1 Å². The number of nitrogens with zero attached hydrogens (tertiary/aromatic N) is 2. The summed E-state index contributed by atoms with van der Waals surface area (Å²) in [5.74, 6) is 1.19. The zero-order valence-electron chi connectivity index (χ0n) is 14.5. The quantitative estimate of drug-likeness (QED) is 0.701. The number of hydrogen-bond acceptors (Lipinski definition) is 6. The molecule has 1 aliphatic heterocycles. The van der Waals surface area contributed by atoms with Gasteiger partial charge in [0.15, 0.2) is 11.5 Å². The monoisotopic (exact) mass is 362 g/mol. The Labute approximate surface area is 156 Å². The van der Waals surface area contributed by atoms with Crippen LogP contribution in [0.2, 0.25) is 0 Å². The third-order valence-corrected chi connectivity index (χ3v) is 4.13. The zero-order chi connectivity index (χ0) is 18.5. The minimum Gasteiger partial charge on any atom is -0.454 e. The molecule has 3 aromatic rings. The number of ether oxygens (including phenoxy) is 2. The molecule has 0 saturated carbocycles. The van der Waals surface area contributed by atoms with Crippen molar-refractivity contribution >= 4 is 11.6 Å². The molecule has 27 heavy (non-hydrogen) atoms. The van der Waals surface area contributed by atoms with Crippen molar-refractivity contribution in [1.29, 1.82) is 0 Å². The molecule has 0 unspecified atom stereocenters. The SMILES string of the molecule is O=C(NCc1ccc2c(c1)OCO2)c1ccc(NCc2ccncc2)cn1. The minimum absolute atomic E-state index is 0.228. The molecule has 7 nitrogen and oxygen atoms in total. The lowest BCUT2D eigenvalue weighted by Crippen LogP contribution is -2.23. The van der Waals surface area contributed by atoms with Crippen LogP contribution in [-0.4, -0.2) is 22.7 Å². The molecule has 1 aliphatic rings. The maximum atomic E-state index is 12.3. The zero-order valence-corrected chi connectivity index (χ0v) is 14.5. The maximum absolute atomic E-state index is 12.3. The number of aromatic nitrogens is 2. The van der Waals surface area contributed by atoms with E-state index in [4.69, 9.17) is 9.47 Å². The highest BCUT2D eigenvalue weighted by atomic mass is 16.7. The average Bonchev–Trinajstić information content (AvgIpc) is 3.19. The summed E-state index contributed by atoms with van der Waals surface area (Å²) in [5.41, 5.74) is 3.27. The normalized spacial score (nSPS) is 11.9. The fourth-order valence-corrected chi connectivity index (χ4v) is 2.66. The Morgan fingerprint density at radius 2 is 1.81 bits per heavy atom. The van der Waals surface area contributed by atoms with Crippen molar-refractivity contribution in [2.75, 3.05) is 12.1 Å². The molecule has 2 N–H and O–H groups in total. The van der Waals surface area contributed by atoms with Gasteiger partial charge in [0.1, 0.15) is 5.69 Å². The van der Waals surface area contributed by atoms with Crippen molar-refractivity contribution in [2.45, 2.75) is 13.1 Å². The highest BCUT2D eigenvalue weighted by Crippen LogP contribution is 2.32. The van der Waals surface area contributed by atoms with E-state index in [0.29, 0.717) is 24.5 Å². The third-order valence-electron chi connectivity index (χ3n) is 4.13. The first-order valence-electron chi connectivity index (χ1n) is 8.53. The largest absolute Gasteiger partial charge is 0.454 e. The number of amides is 1. The van der Waals surface area contributed by atoms with Crippen LogP contribution in [0.5, 0.6) is 11.5 Å². The predicted molar refractivity (Wildman–Crippen MR) is 99.5 cm³/mol. The topological polar surface area (TPSA) is 85.4 Å². The first-order valence-corrected chi connectivity index (χ1v) is 8.53. The fraction of sp³-hybridized carbons (Fsp3) is 0.150. The number of pyridine rings is 2. The molecule has 0 fully saturated rings. The number of nitrogens with one attached hydrogen (secondary N) is 2. The predicted octanol–water partition coefficient (Wildman–Crippen LogP) is 2.75. The van der Waals surface area contributed by atoms with Crippen LogP contribution in [0, 0.1) is 0 Å². The summed E-state index contributed by atoms with van der Waals surface area (Å²) in [6, 6.07) is 13.0. The van der Waals surface area contributed by atoms with Gasteiger partial charge in [-0.1, -0.05) is 6.07 Å². The molecule has 0 saturated heterocycles. The van der Waals surface area contributed by atoms with Crippen LogP contribution in [0.3, 0.4) is 0 Å². The molecule has 4 rings (SSSR count). The van der Waals surface area contributed by atoms with Crippen LogP contribution in [0.4, 0.5) is 5.69 Å². The van der Waals surface area contributed by atoms with E-state index >= 15 is 0 Å². The summed E-state index contributed by atoms with van der Waals surface area (Å²) < 4.78 is 10.6. The van der Waals surface area contributed by atoms with Gasteiger partial charge in [-0.15, -0.1) is 0 Å².